The smallest absolute Gasteiger partial charge is 0.255 e. The number of ether oxygens (including phenoxy) is 3. The van der Waals surface area contributed by atoms with Crippen molar-refractivity contribution in [1.29, 1.82) is 0 Å². The van der Waals surface area contributed by atoms with Crippen molar-refractivity contribution in [2.24, 2.45) is 11.8 Å². The molecule has 2 amide bonds. The molecule has 2 aromatic carbocycles. The summed E-state index contributed by atoms with van der Waals surface area (Å²) in [5, 5.41) is 6.20. The predicted octanol–water partition coefficient (Wildman–Crippen LogP) is 3.58. The lowest BCUT2D eigenvalue weighted by molar-refractivity contribution is -0.126. The largest absolute Gasteiger partial charge is 0.496 e. The molecule has 0 atom stereocenters. The first kappa shape index (κ1) is 29.5. The Morgan fingerprint density at radius 3 is 2.12 bits per heavy atom. The van der Waals surface area contributed by atoms with E-state index in [1.807, 2.05) is 0 Å². The molecule has 4 rings (SSSR count). The van der Waals surface area contributed by atoms with Crippen LogP contribution in [0.2, 0.25) is 0 Å². The minimum absolute atomic E-state index is 0.0623. The van der Waals surface area contributed by atoms with Crippen LogP contribution in [-0.4, -0.2) is 83.9 Å². The molecule has 1 aliphatic heterocycles. The summed E-state index contributed by atoms with van der Waals surface area (Å²) in [6, 6.07) is 13.9. The van der Waals surface area contributed by atoms with Crippen molar-refractivity contribution in [1.82, 2.24) is 15.5 Å². The van der Waals surface area contributed by atoms with Crippen LogP contribution in [0.5, 0.6) is 17.2 Å². The van der Waals surface area contributed by atoms with Crippen molar-refractivity contribution in [3.05, 3.63) is 48.0 Å². The number of hydrogen-bond donors (Lipinski definition) is 2. The SMILES string of the molecule is COc1cc(OC)c(C(=O)NCC2CCC(C(=O)NCCCN3CCN(c4ccccc4)CC3)CC2)cc1OC. The van der Waals surface area contributed by atoms with Gasteiger partial charge in [0, 0.05) is 63.0 Å². The number of hydrogen-bond acceptors (Lipinski definition) is 7. The summed E-state index contributed by atoms with van der Waals surface area (Å²) in [6.45, 7) is 6.51. The maximum absolute atomic E-state index is 12.9. The Morgan fingerprint density at radius 2 is 1.48 bits per heavy atom. The van der Waals surface area contributed by atoms with Crippen molar-refractivity contribution >= 4 is 17.5 Å². The van der Waals surface area contributed by atoms with Gasteiger partial charge in [0.1, 0.15) is 5.75 Å². The molecular weight excluding hydrogens is 508 g/mol. The van der Waals surface area contributed by atoms with E-state index in [4.69, 9.17) is 14.2 Å². The number of nitrogens with one attached hydrogen (secondary N) is 2. The fraction of sp³-hybridized carbons (Fsp3) is 0.548. The van der Waals surface area contributed by atoms with E-state index in [1.165, 1.54) is 19.9 Å². The molecule has 0 aromatic heterocycles. The topological polar surface area (TPSA) is 92.4 Å². The van der Waals surface area contributed by atoms with Crippen LogP contribution in [-0.2, 0) is 4.79 Å². The number of benzene rings is 2. The molecule has 1 aliphatic carbocycles. The van der Waals surface area contributed by atoms with Gasteiger partial charge in [-0.3, -0.25) is 14.5 Å². The van der Waals surface area contributed by atoms with Crippen LogP contribution in [0.4, 0.5) is 5.69 Å². The van der Waals surface area contributed by atoms with Crippen molar-refractivity contribution in [2.45, 2.75) is 32.1 Å². The van der Waals surface area contributed by atoms with Gasteiger partial charge in [-0.1, -0.05) is 18.2 Å². The Bertz CT molecular complexity index is 1100. The molecule has 9 nitrogen and oxygen atoms in total. The molecule has 40 heavy (non-hydrogen) atoms. The first-order valence-corrected chi connectivity index (χ1v) is 14.4. The Kier molecular flexibility index (Phi) is 10.9. The van der Waals surface area contributed by atoms with E-state index in [1.54, 1.807) is 19.2 Å². The highest BCUT2D eigenvalue weighted by atomic mass is 16.5. The molecule has 0 unspecified atom stereocenters. The van der Waals surface area contributed by atoms with Gasteiger partial charge in [0.15, 0.2) is 11.5 Å². The van der Waals surface area contributed by atoms with Crippen LogP contribution < -0.4 is 29.7 Å². The number of carbonyl (C=O) groups is 2. The van der Waals surface area contributed by atoms with Gasteiger partial charge in [-0.05, 0) is 56.7 Å². The van der Waals surface area contributed by atoms with Crippen LogP contribution in [0.25, 0.3) is 0 Å². The molecular formula is C31H44N4O5. The van der Waals surface area contributed by atoms with Gasteiger partial charge >= 0.3 is 0 Å². The number of carbonyl (C=O) groups excluding carboxylic acids is 2. The van der Waals surface area contributed by atoms with Gasteiger partial charge in [-0.15, -0.1) is 0 Å². The molecule has 0 radical (unpaired) electrons. The second-order valence-corrected chi connectivity index (χ2v) is 10.6. The molecule has 2 aliphatic rings. The molecule has 1 heterocycles. The number of para-hydroxylation sites is 1. The Hall–Kier alpha value is -3.46. The van der Waals surface area contributed by atoms with E-state index in [2.05, 4.69) is 50.8 Å². The maximum atomic E-state index is 12.9. The third-order valence-corrected chi connectivity index (χ3v) is 8.16. The lowest BCUT2D eigenvalue weighted by atomic mass is 9.81. The van der Waals surface area contributed by atoms with E-state index < -0.39 is 0 Å². The minimum atomic E-state index is -0.209. The van der Waals surface area contributed by atoms with Gasteiger partial charge in [-0.25, -0.2) is 0 Å². The number of piperazine rings is 1. The summed E-state index contributed by atoms with van der Waals surface area (Å²) in [5.41, 5.74) is 1.70. The summed E-state index contributed by atoms with van der Waals surface area (Å²) in [6.07, 6.45) is 4.53. The van der Waals surface area contributed by atoms with Crippen molar-refractivity contribution in [3.8, 4) is 17.2 Å². The van der Waals surface area contributed by atoms with Crippen LogP contribution in [0.15, 0.2) is 42.5 Å². The van der Waals surface area contributed by atoms with Gasteiger partial charge in [-0.2, -0.15) is 0 Å². The second-order valence-electron chi connectivity index (χ2n) is 10.6. The maximum Gasteiger partial charge on any atom is 0.255 e. The normalized spacial score (nSPS) is 19.5. The monoisotopic (exact) mass is 552 g/mol. The third kappa shape index (κ3) is 7.81. The van der Waals surface area contributed by atoms with Crippen LogP contribution in [0.3, 0.4) is 0 Å². The standard InChI is InChI=1S/C31H44N4O5/c1-38-27-21-29(40-3)28(39-2)20-26(27)31(37)33-22-23-10-12-24(13-11-23)30(36)32-14-7-15-34-16-18-35(19-17-34)25-8-5-4-6-9-25/h4-6,8-9,20-21,23-24H,7,10-19,22H2,1-3H3,(H,32,36)(H,33,37). The second kappa shape index (κ2) is 14.8. The fourth-order valence-corrected chi connectivity index (χ4v) is 5.69. The zero-order valence-corrected chi connectivity index (χ0v) is 24.1. The highest BCUT2D eigenvalue weighted by molar-refractivity contribution is 5.97. The summed E-state index contributed by atoms with van der Waals surface area (Å²) in [7, 11) is 4.61. The molecule has 2 N–H and O–H groups in total. The molecule has 0 bridgehead atoms. The van der Waals surface area contributed by atoms with Gasteiger partial charge < -0.3 is 29.7 Å². The van der Waals surface area contributed by atoms with Gasteiger partial charge in [0.25, 0.3) is 5.91 Å². The summed E-state index contributed by atoms with van der Waals surface area (Å²) in [4.78, 5) is 30.6. The molecule has 2 aromatic rings. The number of nitrogens with zero attached hydrogens (tertiary/aromatic N) is 2. The minimum Gasteiger partial charge on any atom is -0.496 e. The fourth-order valence-electron chi connectivity index (χ4n) is 5.69. The average Bonchev–Trinajstić information content (AvgIpc) is 3.02. The zero-order valence-electron chi connectivity index (χ0n) is 24.1. The van der Waals surface area contributed by atoms with E-state index in [-0.39, 0.29) is 17.7 Å². The zero-order chi connectivity index (χ0) is 28.3. The Labute approximate surface area is 238 Å². The van der Waals surface area contributed by atoms with Gasteiger partial charge in [0.2, 0.25) is 5.91 Å². The van der Waals surface area contributed by atoms with Crippen molar-refractivity contribution in [3.63, 3.8) is 0 Å². The highest BCUT2D eigenvalue weighted by Crippen LogP contribution is 2.35. The molecule has 218 valence electrons. The van der Waals surface area contributed by atoms with Crippen LogP contribution in [0.1, 0.15) is 42.5 Å². The van der Waals surface area contributed by atoms with Crippen LogP contribution >= 0.6 is 0 Å². The van der Waals surface area contributed by atoms with Crippen molar-refractivity contribution in [2.75, 3.05) is 72.0 Å². The number of anilines is 1. The third-order valence-electron chi connectivity index (χ3n) is 8.16. The van der Waals surface area contributed by atoms with E-state index in [0.717, 1.165) is 71.4 Å². The quantitative estimate of drug-likeness (QED) is 0.389. The Balaban J connectivity index is 1.11. The molecule has 0 spiro atoms. The summed E-state index contributed by atoms with van der Waals surface area (Å²) >= 11 is 0. The van der Waals surface area contributed by atoms with Crippen molar-refractivity contribution < 1.29 is 23.8 Å². The highest BCUT2D eigenvalue weighted by Gasteiger charge is 2.27. The summed E-state index contributed by atoms with van der Waals surface area (Å²) in [5.74, 6) is 1.80. The number of amides is 2. The van der Waals surface area contributed by atoms with E-state index in [9.17, 15) is 9.59 Å². The van der Waals surface area contributed by atoms with E-state index >= 15 is 0 Å². The lowest BCUT2D eigenvalue weighted by Crippen LogP contribution is -2.47. The molecule has 1 saturated heterocycles. The van der Waals surface area contributed by atoms with Gasteiger partial charge in [0.05, 0.1) is 26.9 Å². The van der Waals surface area contributed by atoms with E-state index in [0.29, 0.717) is 35.3 Å². The summed E-state index contributed by atoms with van der Waals surface area (Å²) < 4.78 is 16.0. The van der Waals surface area contributed by atoms with Crippen LogP contribution in [0, 0.1) is 11.8 Å². The Morgan fingerprint density at radius 1 is 0.825 bits per heavy atom. The number of methoxy groups -OCH3 is 3. The lowest BCUT2D eigenvalue weighted by Gasteiger charge is -2.36. The first-order chi connectivity index (χ1) is 19.5. The molecule has 1 saturated carbocycles. The molecule has 9 heteroatoms. The first-order valence-electron chi connectivity index (χ1n) is 14.4. The average molecular weight is 553 g/mol. The predicted molar refractivity (Wildman–Crippen MR) is 157 cm³/mol. The molecule has 2 fully saturated rings. The number of rotatable bonds is 12.